The fourth-order valence-corrected chi connectivity index (χ4v) is 1.73. The number of hydrogen-bond donors (Lipinski definition) is 1. The molecule has 1 nitrogen and oxygen atoms in total. The van der Waals surface area contributed by atoms with E-state index >= 15 is 0 Å². The second-order valence-corrected chi connectivity index (χ2v) is 3.83. The molecule has 1 rings (SSSR count). The molecule has 0 aliphatic rings. The molecular weight excluding hydrogens is 172 g/mol. The molecular formula is C13H18O. The number of hydrogen-bond acceptors (Lipinski definition) is 1. The number of benzene rings is 1. The van der Waals surface area contributed by atoms with Crippen molar-refractivity contribution in [2.45, 2.75) is 33.6 Å². The van der Waals surface area contributed by atoms with Crippen LogP contribution in [0.2, 0.25) is 0 Å². The van der Waals surface area contributed by atoms with Crippen LogP contribution in [0.15, 0.2) is 24.3 Å². The van der Waals surface area contributed by atoms with Gasteiger partial charge in [-0.25, -0.2) is 0 Å². The van der Waals surface area contributed by atoms with Crippen molar-refractivity contribution in [3.63, 3.8) is 0 Å². The van der Waals surface area contributed by atoms with E-state index in [1.807, 2.05) is 32.1 Å². The summed E-state index contributed by atoms with van der Waals surface area (Å²) in [6, 6.07) is 4.05. The molecule has 0 fully saturated rings. The van der Waals surface area contributed by atoms with Gasteiger partial charge in [0.25, 0.3) is 0 Å². The average molecular weight is 190 g/mol. The molecule has 0 bridgehead atoms. The predicted molar refractivity (Wildman–Crippen MR) is 60.8 cm³/mol. The molecule has 1 aromatic carbocycles. The third kappa shape index (κ3) is 2.16. The van der Waals surface area contributed by atoms with Crippen molar-refractivity contribution >= 4 is 0 Å². The largest absolute Gasteiger partial charge is 0.507 e. The topological polar surface area (TPSA) is 20.2 Å². The van der Waals surface area contributed by atoms with Crippen LogP contribution in [-0.4, -0.2) is 5.11 Å². The lowest BCUT2D eigenvalue weighted by Crippen LogP contribution is -1.93. The first-order valence-corrected chi connectivity index (χ1v) is 4.99. The lowest BCUT2D eigenvalue weighted by atomic mass is 9.95. The van der Waals surface area contributed by atoms with Gasteiger partial charge in [0.05, 0.1) is 0 Å². The SMILES string of the molecule is C/C=C/C(C)c1cc(C)cc(C)c1O. The summed E-state index contributed by atoms with van der Waals surface area (Å²) in [6.07, 6.45) is 4.11. The maximum Gasteiger partial charge on any atom is 0.122 e. The van der Waals surface area contributed by atoms with E-state index in [0.717, 1.165) is 11.1 Å². The van der Waals surface area contributed by atoms with Gasteiger partial charge in [-0.05, 0) is 26.3 Å². The minimum absolute atomic E-state index is 0.276. The summed E-state index contributed by atoms with van der Waals surface area (Å²) < 4.78 is 0. The molecule has 0 aliphatic heterocycles. The lowest BCUT2D eigenvalue weighted by Gasteiger charge is -2.12. The van der Waals surface area contributed by atoms with Gasteiger partial charge in [-0.15, -0.1) is 0 Å². The van der Waals surface area contributed by atoms with Crippen LogP contribution in [0.25, 0.3) is 0 Å². The predicted octanol–water partition coefficient (Wildman–Crippen LogP) is 3.69. The summed E-state index contributed by atoms with van der Waals surface area (Å²) in [4.78, 5) is 0. The van der Waals surface area contributed by atoms with E-state index in [0.29, 0.717) is 5.75 Å². The Morgan fingerprint density at radius 1 is 1.29 bits per heavy atom. The van der Waals surface area contributed by atoms with Gasteiger partial charge < -0.3 is 5.11 Å². The Kier molecular flexibility index (Phi) is 3.34. The van der Waals surface area contributed by atoms with E-state index in [9.17, 15) is 5.11 Å². The summed E-state index contributed by atoms with van der Waals surface area (Å²) in [5, 5.41) is 9.89. The summed E-state index contributed by atoms with van der Waals surface area (Å²) in [5.74, 6) is 0.708. The van der Waals surface area contributed by atoms with Gasteiger partial charge >= 0.3 is 0 Å². The molecule has 1 heteroatoms. The number of phenolic OH excluding ortho intramolecular Hbond substituents is 1. The van der Waals surface area contributed by atoms with Crippen LogP contribution < -0.4 is 0 Å². The number of phenols is 1. The van der Waals surface area contributed by atoms with Crippen LogP contribution in [0.4, 0.5) is 0 Å². The maximum absolute atomic E-state index is 9.89. The van der Waals surface area contributed by atoms with Crippen molar-refractivity contribution in [2.75, 3.05) is 0 Å². The first-order chi connectivity index (χ1) is 6.56. The van der Waals surface area contributed by atoms with Gasteiger partial charge in [0.15, 0.2) is 0 Å². The highest BCUT2D eigenvalue weighted by Crippen LogP contribution is 2.30. The van der Waals surface area contributed by atoms with Gasteiger partial charge in [0.1, 0.15) is 5.75 Å². The molecule has 0 spiro atoms. The zero-order chi connectivity index (χ0) is 10.7. The van der Waals surface area contributed by atoms with Gasteiger partial charge in [-0.2, -0.15) is 0 Å². The van der Waals surface area contributed by atoms with Gasteiger partial charge in [0, 0.05) is 11.5 Å². The molecule has 1 unspecified atom stereocenters. The fourth-order valence-electron chi connectivity index (χ4n) is 1.73. The molecule has 0 aliphatic carbocycles. The molecule has 0 heterocycles. The standard InChI is InChI=1S/C13H18O/c1-5-6-10(3)12-8-9(2)7-11(4)13(12)14/h5-8,10,14H,1-4H3/b6-5+. The van der Waals surface area contributed by atoms with Crippen LogP contribution in [0.5, 0.6) is 5.75 Å². The third-order valence-corrected chi connectivity index (χ3v) is 2.45. The Morgan fingerprint density at radius 3 is 2.50 bits per heavy atom. The van der Waals surface area contributed by atoms with Gasteiger partial charge in [-0.1, -0.05) is 36.8 Å². The monoisotopic (exact) mass is 190 g/mol. The summed E-state index contributed by atoms with van der Waals surface area (Å²) in [6.45, 7) is 8.08. The molecule has 1 N–H and O–H groups in total. The number of rotatable bonds is 2. The van der Waals surface area contributed by atoms with Crippen molar-refractivity contribution in [3.05, 3.63) is 41.0 Å². The maximum atomic E-state index is 9.89. The van der Waals surface area contributed by atoms with Crippen molar-refractivity contribution in [3.8, 4) is 5.75 Å². The number of aromatic hydroxyl groups is 1. The van der Waals surface area contributed by atoms with Crippen LogP contribution in [0.3, 0.4) is 0 Å². The number of aryl methyl sites for hydroxylation is 2. The third-order valence-electron chi connectivity index (χ3n) is 2.45. The first kappa shape index (κ1) is 10.8. The van der Waals surface area contributed by atoms with Crippen LogP contribution in [0.1, 0.15) is 36.5 Å². The second kappa shape index (κ2) is 4.32. The Bertz CT molecular complexity index is 350. The zero-order valence-corrected chi connectivity index (χ0v) is 9.33. The average Bonchev–Trinajstić information content (AvgIpc) is 2.11. The smallest absolute Gasteiger partial charge is 0.122 e. The first-order valence-electron chi connectivity index (χ1n) is 4.99. The van der Waals surface area contributed by atoms with Crippen LogP contribution in [-0.2, 0) is 0 Å². The summed E-state index contributed by atoms with van der Waals surface area (Å²) in [5.41, 5.74) is 3.17. The van der Waals surface area contributed by atoms with E-state index in [-0.39, 0.29) is 5.92 Å². The molecule has 76 valence electrons. The molecule has 0 radical (unpaired) electrons. The highest BCUT2D eigenvalue weighted by Gasteiger charge is 2.09. The highest BCUT2D eigenvalue weighted by atomic mass is 16.3. The minimum Gasteiger partial charge on any atom is -0.507 e. The Balaban J connectivity index is 3.19. The summed E-state index contributed by atoms with van der Waals surface area (Å²) in [7, 11) is 0. The van der Waals surface area contributed by atoms with Gasteiger partial charge in [-0.3, -0.25) is 0 Å². The van der Waals surface area contributed by atoms with E-state index in [4.69, 9.17) is 0 Å². The lowest BCUT2D eigenvalue weighted by molar-refractivity contribution is 0.462. The minimum atomic E-state index is 0.276. The highest BCUT2D eigenvalue weighted by molar-refractivity contribution is 5.45. The van der Waals surface area contributed by atoms with E-state index in [2.05, 4.69) is 19.9 Å². The molecule has 0 amide bonds. The molecule has 14 heavy (non-hydrogen) atoms. The molecule has 0 saturated heterocycles. The quantitative estimate of drug-likeness (QED) is 0.705. The van der Waals surface area contributed by atoms with E-state index in [1.165, 1.54) is 5.56 Å². The van der Waals surface area contributed by atoms with E-state index in [1.54, 1.807) is 0 Å². The van der Waals surface area contributed by atoms with Gasteiger partial charge in [0.2, 0.25) is 0 Å². The molecule has 1 atom stereocenters. The van der Waals surface area contributed by atoms with Crippen molar-refractivity contribution in [1.82, 2.24) is 0 Å². The molecule has 1 aromatic rings. The second-order valence-electron chi connectivity index (χ2n) is 3.83. The van der Waals surface area contributed by atoms with E-state index < -0.39 is 0 Å². The van der Waals surface area contributed by atoms with Crippen LogP contribution >= 0.6 is 0 Å². The van der Waals surface area contributed by atoms with Crippen molar-refractivity contribution < 1.29 is 5.11 Å². The van der Waals surface area contributed by atoms with Crippen molar-refractivity contribution in [1.29, 1.82) is 0 Å². The summed E-state index contributed by atoms with van der Waals surface area (Å²) >= 11 is 0. The number of allylic oxidation sites excluding steroid dienone is 2. The van der Waals surface area contributed by atoms with Crippen LogP contribution in [0, 0.1) is 13.8 Å². The fraction of sp³-hybridized carbons (Fsp3) is 0.385. The Labute approximate surface area is 86.1 Å². The Hall–Kier alpha value is -1.24. The molecule has 0 saturated carbocycles. The zero-order valence-electron chi connectivity index (χ0n) is 9.33. The molecule has 0 aromatic heterocycles. The Morgan fingerprint density at radius 2 is 1.93 bits per heavy atom. The van der Waals surface area contributed by atoms with Crippen molar-refractivity contribution in [2.24, 2.45) is 0 Å². The normalized spacial score (nSPS) is 13.4.